The molecular weight excluding hydrogens is 400 g/mol. The van der Waals surface area contributed by atoms with Crippen molar-refractivity contribution < 1.29 is 23.2 Å². The van der Waals surface area contributed by atoms with Gasteiger partial charge in [0.25, 0.3) is 5.91 Å². The maximum Gasteiger partial charge on any atom is 0.296 e. The molecule has 2 amide bonds. The first-order valence-electron chi connectivity index (χ1n) is 8.85. The van der Waals surface area contributed by atoms with Crippen molar-refractivity contribution in [2.45, 2.75) is 38.3 Å². The fourth-order valence-electron chi connectivity index (χ4n) is 2.42. The molecule has 0 bridgehead atoms. The maximum absolute atomic E-state index is 12.6. The topological polar surface area (TPSA) is 155 Å². The molecule has 11 nitrogen and oxygen atoms in total. The second-order valence-corrected chi connectivity index (χ2v) is 8.47. The first-order valence-corrected chi connectivity index (χ1v) is 10.3. The van der Waals surface area contributed by atoms with Gasteiger partial charge in [-0.1, -0.05) is 36.8 Å². The van der Waals surface area contributed by atoms with Crippen molar-refractivity contribution in [3.8, 4) is 0 Å². The Labute approximate surface area is 168 Å². The predicted molar refractivity (Wildman–Crippen MR) is 102 cm³/mol. The number of rotatable bonds is 9. The Hall–Kier alpha value is -2.83. The molecule has 1 aromatic carbocycles. The number of sulfonamides is 1. The van der Waals surface area contributed by atoms with Crippen LogP contribution in [0.25, 0.3) is 0 Å². The Bertz CT molecular complexity index is 955. The molecule has 4 N–H and O–H groups in total. The number of hydroxylamine groups is 1. The van der Waals surface area contributed by atoms with Crippen LogP contribution >= 0.6 is 0 Å². The van der Waals surface area contributed by atoms with Crippen molar-refractivity contribution >= 4 is 21.8 Å². The van der Waals surface area contributed by atoms with Gasteiger partial charge in [0, 0.05) is 6.54 Å². The molecule has 2 rings (SSSR count). The molecule has 0 radical (unpaired) electrons. The molecule has 2 aromatic rings. The van der Waals surface area contributed by atoms with Crippen LogP contribution < -0.4 is 15.5 Å². The number of hydrogen-bond acceptors (Lipinski definition) is 7. The van der Waals surface area contributed by atoms with E-state index >= 15 is 0 Å². The zero-order chi connectivity index (χ0) is 21.6. The molecule has 1 heterocycles. The lowest BCUT2D eigenvalue weighted by Gasteiger charge is -2.21. The highest BCUT2D eigenvalue weighted by Crippen LogP contribution is 2.13. The third-order valence-electron chi connectivity index (χ3n) is 4.08. The standard InChI is InChI=1S/C17H24N6O5S/c1-11(2)15(21-29(27,28)13-6-4-12(3)5-7-13)17(25)18-8-9-23-10-14(19-22-23)16(24)20-26/h4-7,10-11,15,21,26H,8-9H2,1-3H3,(H,18,25)(H,20,24)/t15-/m0/s1. The Morgan fingerprint density at radius 3 is 2.45 bits per heavy atom. The second kappa shape index (κ2) is 9.58. The van der Waals surface area contributed by atoms with Crippen molar-refractivity contribution in [3.63, 3.8) is 0 Å². The number of aryl methyl sites for hydroxylation is 1. The van der Waals surface area contributed by atoms with E-state index < -0.39 is 27.9 Å². The van der Waals surface area contributed by atoms with Crippen LogP contribution in [0.4, 0.5) is 0 Å². The number of benzene rings is 1. The normalized spacial score (nSPS) is 12.6. The van der Waals surface area contributed by atoms with Gasteiger partial charge >= 0.3 is 0 Å². The lowest BCUT2D eigenvalue weighted by atomic mass is 10.1. The maximum atomic E-state index is 12.6. The molecule has 0 fully saturated rings. The lowest BCUT2D eigenvalue weighted by Crippen LogP contribution is -2.50. The first kappa shape index (κ1) is 22.5. The Morgan fingerprint density at radius 1 is 1.21 bits per heavy atom. The van der Waals surface area contributed by atoms with Crippen molar-refractivity contribution in [1.82, 2.24) is 30.5 Å². The minimum absolute atomic E-state index is 0.0789. The van der Waals surface area contributed by atoms with Crippen LogP contribution in [0.5, 0.6) is 0 Å². The molecule has 0 saturated heterocycles. The van der Waals surface area contributed by atoms with E-state index in [0.29, 0.717) is 0 Å². The van der Waals surface area contributed by atoms with Gasteiger partial charge in [-0.05, 0) is 25.0 Å². The third-order valence-corrected chi connectivity index (χ3v) is 5.53. The third kappa shape index (κ3) is 6.07. The van der Waals surface area contributed by atoms with Gasteiger partial charge in [0.15, 0.2) is 5.69 Å². The molecular formula is C17H24N6O5S. The Kier molecular flexibility index (Phi) is 7.42. The molecule has 1 atom stereocenters. The van der Waals surface area contributed by atoms with Gasteiger partial charge in [-0.15, -0.1) is 5.10 Å². The minimum atomic E-state index is -3.86. The Balaban J connectivity index is 1.97. The van der Waals surface area contributed by atoms with Crippen molar-refractivity contribution in [2.75, 3.05) is 6.54 Å². The van der Waals surface area contributed by atoms with E-state index in [1.807, 2.05) is 6.92 Å². The van der Waals surface area contributed by atoms with E-state index in [4.69, 9.17) is 5.21 Å². The SMILES string of the molecule is Cc1ccc(S(=O)(=O)N[C@H](C(=O)NCCn2cc(C(=O)NO)nn2)C(C)C)cc1. The summed E-state index contributed by atoms with van der Waals surface area (Å²) in [6.45, 7) is 5.66. The molecule has 0 spiro atoms. The fourth-order valence-corrected chi connectivity index (χ4v) is 3.76. The van der Waals surface area contributed by atoms with Gasteiger partial charge in [-0.2, -0.15) is 4.72 Å². The van der Waals surface area contributed by atoms with E-state index in [-0.39, 0.29) is 29.6 Å². The fraction of sp³-hybridized carbons (Fsp3) is 0.412. The summed E-state index contributed by atoms with van der Waals surface area (Å²) in [6, 6.07) is 5.37. The summed E-state index contributed by atoms with van der Waals surface area (Å²) >= 11 is 0. The molecule has 1 aromatic heterocycles. The van der Waals surface area contributed by atoms with Gasteiger partial charge in [0.1, 0.15) is 6.04 Å². The van der Waals surface area contributed by atoms with E-state index in [1.165, 1.54) is 28.5 Å². The van der Waals surface area contributed by atoms with Crippen LogP contribution in [0.3, 0.4) is 0 Å². The van der Waals surface area contributed by atoms with Crippen molar-refractivity contribution in [2.24, 2.45) is 5.92 Å². The molecule has 29 heavy (non-hydrogen) atoms. The van der Waals surface area contributed by atoms with Gasteiger partial charge in [-0.25, -0.2) is 18.6 Å². The van der Waals surface area contributed by atoms with Crippen LogP contribution in [0, 0.1) is 12.8 Å². The molecule has 12 heteroatoms. The summed E-state index contributed by atoms with van der Waals surface area (Å²) in [6.07, 6.45) is 1.30. The van der Waals surface area contributed by atoms with E-state index in [0.717, 1.165) is 5.56 Å². The quantitative estimate of drug-likeness (QED) is 0.321. The van der Waals surface area contributed by atoms with Gasteiger partial charge in [0.05, 0.1) is 17.6 Å². The van der Waals surface area contributed by atoms with Gasteiger partial charge in [-0.3, -0.25) is 14.8 Å². The average Bonchev–Trinajstić information content (AvgIpc) is 3.14. The molecule has 0 aliphatic rings. The smallest absolute Gasteiger partial charge is 0.296 e. The zero-order valence-corrected chi connectivity index (χ0v) is 17.1. The number of hydrogen-bond donors (Lipinski definition) is 4. The number of nitrogens with one attached hydrogen (secondary N) is 3. The highest BCUT2D eigenvalue weighted by Gasteiger charge is 2.28. The highest BCUT2D eigenvalue weighted by atomic mass is 32.2. The number of nitrogens with zero attached hydrogens (tertiary/aromatic N) is 3. The van der Waals surface area contributed by atoms with Crippen LogP contribution in [0.1, 0.15) is 29.9 Å². The summed E-state index contributed by atoms with van der Waals surface area (Å²) in [5, 5.41) is 18.5. The minimum Gasteiger partial charge on any atom is -0.353 e. The summed E-state index contributed by atoms with van der Waals surface area (Å²) in [5.74, 6) is -1.57. The molecule has 158 valence electrons. The molecule has 0 aliphatic carbocycles. The van der Waals surface area contributed by atoms with E-state index in [9.17, 15) is 18.0 Å². The summed E-state index contributed by atoms with van der Waals surface area (Å²) in [7, 11) is -3.86. The molecule has 0 unspecified atom stereocenters. The summed E-state index contributed by atoms with van der Waals surface area (Å²) in [4.78, 5) is 23.8. The van der Waals surface area contributed by atoms with Gasteiger partial charge < -0.3 is 5.32 Å². The summed E-state index contributed by atoms with van der Waals surface area (Å²) in [5.41, 5.74) is 2.29. The monoisotopic (exact) mass is 424 g/mol. The number of carbonyl (C=O) groups is 2. The Morgan fingerprint density at radius 2 is 1.86 bits per heavy atom. The van der Waals surface area contributed by atoms with Crippen LogP contribution in [-0.4, -0.2) is 53.0 Å². The molecule has 0 aliphatic heterocycles. The lowest BCUT2D eigenvalue weighted by molar-refractivity contribution is -0.123. The highest BCUT2D eigenvalue weighted by molar-refractivity contribution is 7.89. The van der Waals surface area contributed by atoms with Gasteiger partial charge in [0.2, 0.25) is 15.9 Å². The largest absolute Gasteiger partial charge is 0.353 e. The molecule has 0 saturated carbocycles. The number of aromatic nitrogens is 3. The van der Waals surface area contributed by atoms with Crippen molar-refractivity contribution in [1.29, 1.82) is 0 Å². The van der Waals surface area contributed by atoms with Crippen LogP contribution in [-0.2, 0) is 21.4 Å². The van der Waals surface area contributed by atoms with Crippen LogP contribution in [0.15, 0.2) is 35.4 Å². The second-order valence-electron chi connectivity index (χ2n) is 6.75. The van der Waals surface area contributed by atoms with E-state index in [1.54, 1.807) is 26.0 Å². The number of amides is 2. The number of carbonyl (C=O) groups excluding carboxylic acids is 2. The van der Waals surface area contributed by atoms with E-state index in [2.05, 4.69) is 20.4 Å². The van der Waals surface area contributed by atoms with Crippen LogP contribution in [0.2, 0.25) is 0 Å². The average molecular weight is 424 g/mol. The zero-order valence-electron chi connectivity index (χ0n) is 16.3. The van der Waals surface area contributed by atoms with Crippen molar-refractivity contribution in [3.05, 3.63) is 41.7 Å². The predicted octanol–water partition coefficient (Wildman–Crippen LogP) is -0.175. The first-order chi connectivity index (χ1) is 13.6. The summed E-state index contributed by atoms with van der Waals surface area (Å²) < 4.78 is 28.9.